The Morgan fingerprint density at radius 1 is 1.33 bits per heavy atom. The van der Waals surface area contributed by atoms with E-state index in [1.54, 1.807) is 0 Å². The van der Waals surface area contributed by atoms with E-state index in [1.807, 2.05) is 37.2 Å². The highest BCUT2D eigenvalue weighted by molar-refractivity contribution is 5.76. The fourth-order valence-corrected chi connectivity index (χ4v) is 2.79. The van der Waals surface area contributed by atoms with E-state index in [0.29, 0.717) is 19.6 Å². The van der Waals surface area contributed by atoms with Gasteiger partial charge in [-0.25, -0.2) is 0 Å². The maximum Gasteiger partial charge on any atom is 0.223 e. The van der Waals surface area contributed by atoms with Crippen LogP contribution in [-0.4, -0.2) is 62.1 Å². The first-order chi connectivity index (χ1) is 10.2. The standard InChI is InChI=1S/C17H26N2O2/c1-18(2)13-16-14-21-12-11-19(16)17(20)10-6-9-15-7-4-3-5-8-15/h3-5,7-8,16H,6,9-14H2,1-2H3/t16-/m0/s1. The van der Waals surface area contributed by atoms with Crippen LogP contribution >= 0.6 is 0 Å². The number of amides is 1. The molecule has 0 unspecified atom stereocenters. The third kappa shape index (κ3) is 5.14. The summed E-state index contributed by atoms with van der Waals surface area (Å²) in [4.78, 5) is 16.6. The van der Waals surface area contributed by atoms with Gasteiger partial charge in [0.05, 0.1) is 19.3 Å². The Labute approximate surface area is 127 Å². The van der Waals surface area contributed by atoms with Gasteiger partial charge in [-0.15, -0.1) is 0 Å². The highest BCUT2D eigenvalue weighted by Gasteiger charge is 2.27. The molecule has 1 heterocycles. The van der Waals surface area contributed by atoms with Crippen molar-refractivity contribution in [2.45, 2.75) is 25.3 Å². The Kier molecular flexibility index (Phi) is 6.21. The van der Waals surface area contributed by atoms with Crippen LogP contribution in [0.15, 0.2) is 30.3 Å². The van der Waals surface area contributed by atoms with Crippen molar-refractivity contribution in [2.75, 3.05) is 40.4 Å². The van der Waals surface area contributed by atoms with E-state index in [2.05, 4.69) is 17.0 Å². The van der Waals surface area contributed by atoms with Crippen LogP contribution in [0.2, 0.25) is 0 Å². The molecule has 1 aliphatic rings. The largest absolute Gasteiger partial charge is 0.377 e. The van der Waals surface area contributed by atoms with Crippen molar-refractivity contribution in [2.24, 2.45) is 0 Å². The van der Waals surface area contributed by atoms with Crippen LogP contribution in [0, 0.1) is 0 Å². The minimum absolute atomic E-state index is 0.193. The predicted molar refractivity (Wildman–Crippen MR) is 84.3 cm³/mol. The van der Waals surface area contributed by atoms with Gasteiger partial charge in [-0.2, -0.15) is 0 Å². The average molecular weight is 290 g/mol. The molecular formula is C17H26N2O2. The number of carbonyl (C=O) groups excluding carboxylic acids is 1. The topological polar surface area (TPSA) is 32.8 Å². The van der Waals surface area contributed by atoms with E-state index in [0.717, 1.165) is 25.9 Å². The Hall–Kier alpha value is -1.39. The molecule has 0 N–H and O–H groups in total. The molecule has 21 heavy (non-hydrogen) atoms. The Morgan fingerprint density at radius 3 is 2.81 bits per heavy atom. The van der Waals surface area contributed by atoms with Gasteiger partial charge in [0.1, 0.15) is 0 Å². The van der Waals surface area contributed by atoms with Crippen molar-refractivity contribution in [3.05, 3.63) is 35.9 Å². The number of hydrogen-bond acceptors (Lipinski definition) is 3. The molecular weight excluding hydrogens is 264 g/mol. The van der Waals surface area contributed by atoms with Crippen LogP contribution in [0.4, 0.5) is 0 Å². The second-order valence-corrected chi connectivity index (χ2v) is 5.92. The van der Waals surface area contributed by atoms with E-state index in [4.69, 9.17) is 4.74 Å². The maximum absolute atomic E-state index is 12.4. The number of ether oxygens (including phenoxy) is 1. The fraction of sp³-hybridized carbons (Fsp3) is 0.588. The summed E-state index contributed by atoms with van der Waals surface area (Å²) in [6.45, 7) is 2.91. The van der Waals surface area contributed by atoms with Gasteiger partial charge in [0, 0.05) is 19.5 Å². The van der Waals surface area contributed by atoms with Crippen LogP contribution in [0.1, 0.15) is 18.4 Å². The third-order valence-electron chi connectivity index (χ3n) is 3.82. The normalized spacial score (nSPS) is 19.0. The Morgan fingerprint density at radius 2 is 2.10 bits per heavy atom. The van der Waals surface area contributed by atoms with Crippen molar-refractivity contribution in [1.82, 2.24) is 9.80 Å². The number of likely N-dealkylation sites (N-methyl/N-ethyl adjacent to an activating group) is 1. The van der Waals surface area contributed by atoms with Crippen LogP contribution in [0.3, 0.4) is 0 Å². The lowest BCUT2D eigenvalue weighted by atomic mass is 10.1. The molecule has 1 aromatic rings. The maximum atomic E-state index is 12.4. The minimum Gasteiger partial charge on any atom is -0.377 e. The summed E-state index contributed by atoms with van der Waals surface area (Å²) in [5.41, 5.74) is 1.30. The summed E-state index contributed by atoms with van der Waals surface area (Å²) in [6, 6.07) is 10.5. The molecule has 1 fully saturated rings. The Balaban J connectivity index is 1.80. The van der Waals surface area contributed by atoms with Gasteiger partial charge in [-0.3, -0.25) is 4.79 Å². The van der Waals surface area contributed by atoms with E-state index in [1.165, 1.54) is 5.56 Å². The first-order valence-electron chi connectivity index (χ1n) is 7.72. The molecule has 0 saturated carbocycles. The molecule has 2 rings (SSSR count). The zero-order valence-corrected chi connectivity index (χ0v) is 13.1. The molecule has 1 aromatic carbocycles. The summed E-state index contributed by atoms with van der Waals surface area (Å²) in [5.74, 6) is 0.265. The molecule has 1 saturated heterocycles. The smallest absolute Gasteiger partial charge is 0.223 e. The second-order valence-electron chi connectivity index (χ2n) is 5.92. The lowest BCUT2D eigenvalue weighted by Gasteiger charge is -2.37. The minimum atomic E-state index is 0.193. The zero-order chi connectivity index (χ0) is 15.1. The highest BCUT2D eigenvalue weighted by Crippen LogP contribution is 2.12. The molecule has 4 nitrogen and oxygen atoms in total. The van der Waals surface area contributed by atoms with Crippen molar-refractivity contribution >= 4 is 5.91 Å². The number of morpholine rings is 1. The number of nitrogens with zero attached hydrogens (tertiary/aromatic N) is 2. The summed E-state index contributed by atoms with van der Waals surface area (Å²) < 4.78 is 5.52. The molecule has 1 amide bonds. The third-order valence-corrected chi connectivity index (χ3v) is 3.82. The number of aryl methyl sites for hydroxylation is 1. The van der Waals surface area contributed by atoms with Gasteiger partial charge in [0.2, 0.25) is 5.91 Å². The zero-order valence-electron chi connectivity index (χ0n) is 13.1. The molecule has 0 spiro atoms. The summed E-state index contributed by atoms with van der Waals surface area (Å²) in [7, 11) is 4.07. The van der Waals surface area contributed by atoms with Gasteiger partial charge in [-0.05, 0) is 32.5 Å². The van der Waals surface area contributed by atoms with Crippen LogP contribution < -0.4 is 0 Å². The van der Waals surface area contributed by atoms with Gasteiger partial charge in [-0.1, -0.05) is 30.3 Å². The molecule has 0 aromatic heterocycles. The fourth-order valence-electron chi connectivity index (χ4n) is 2.79. The lowest BCUT2D eigenvalue weighted by molar-refractivity contribution is -0.140. The van der Waals surface area contributed by atoms with Crippen molar-refractivity contribution in [3.8, 4) is 0 Å². The molecule has 1 atom stereocenters. The first kappa shape index (κ1) is 16.0. The van der Waals surface area contributed by atoms with E-state index in [-0.39, 0.29) is 11.9 Å². The number of rotatable bonds is 6. The quantitative estimate of drug-likeness (QED) is 0.801. The van der Waals surface area contributed by atoms with E-state index in [9.17, 15) is 4.79 Å². The summed E-state index contributed by atoms with van der Waals surface area (Å²) in [5, 5.41) is 0. The van der Waals surface area contributed by atoms with E-state index >= 15 is 0 Å². The van der Waals surface area contributed by atoms with Crippen molar-refractivity contribution in [3.63, 3.8) is 0 Å². The van der Waals surface area contributed by atoms with Crippen molar-refractivity contribution < 1.29 is 9.53 Å². The first-order valence-corrected chi connectivity index (χ1v) is 7.72. The molecule has 0 radical (unpaired) electrons. The molecule has 4 heteroatoms. The van der Waals surface area contributed by atoms with Crippen LogP contribution in [-0.2, 0) is 16.0 Å². The number of carbonyl (C=O) groups is 1. The lowest BCUT2D eigenvalue weighted by Crippen LogP contribution is -2.52. The molecule has 0 bridgehead atoms. The van der Waals surface area contributed by atoms with Gasteiger partial charge in [0.15, 0.2) is 0 Å². The van der Waals surface area contributed by atoms with E-state index < -0.39 is 0 Å². The second kappa shape index (κ2) is 8.15. The molecule has 116 valence electrons. The SMILES string of the molecule is CN(C)C[C@H]1COCCN1C(=O)CCCc1ccccc1. The monoisotopic (exact) mass is 290 g/mol. The van der Waals surface area contributed by atoms with Gasteiger partial charge < -0.3 is 14.5 Å². The van der Waals surface area contributed by atoms with Crippen molar-refractivity contribution in [1.29, 1.82) is 0 Å². The number of benzene rings is 1. The highest BCUT2D eigenvalue weighted by atomic mass is 16.5. The number of hydrogen-bond donors (Lipinski definition) is 0. The molecule has 1 aliphatic heterocycles. The van der Waals surface area contributed by atoms with Crippen LogP contribution in [0.5, 0.6) is 0 Å². The Bertz CT molecular complexity index is 434. The average Bonchev–Trinajstić information content (AvgIpc) is 2.48. The predicted octanol–water partition coefficient (Wildman–Crippen LogP) is 1.80. The van der Waals surface area contributed by atoms with Gasteiger partial charge in [0.25, 0.3) is 0 Å². The summed E-state index contributed by atoms with van der Waals surface area (Å²) in [6.07, 6.45) is 2.50. The van der Waals surface area contributed by atoms with Crippen LogP contribution in [0.25, 0.3) is 0 Å². The summed E-state index contributed by atoms with van der Waals surface area (Å²) >= 11 is 0. The van der Waals surface area contributed by atoms with Gasteiger partial charge >= 0.3 is 0 Å². The molecule has 0 aliphatic carbocycles.